The maximum absolute atomic E-state index is 2.55. The molecule has 12 rings (SSSR count). The highest BCUT2D eigenvalue weighted by Crippen LogP contribution is 2.63. The van der Waals surface area contributed by atoms with Gasteiger partial charge in [-0.25, -0.2) is 0 Å². The van der Waals surface area contributed by atoms with E-state index in [4.69, 9.17) is 0 Å². The minimum absolute atomic E-state index is 0.433. The topological polar surface area (TPSA) is 4.93 Å². The number of rotatable bonds is 3. The fourth-order valence-corrected chi connectivity index (χ4v) is 11.1. The van der Waals surface area contributed by atoms with Crippen LogP contribution in [0, 0.1) is 0 Å². The van der Waals surface area contributed by atoms with Gasteiger partial charge < -0.3 is 4.57 Å². The molecule has 2 aliphatic rings. The van der Waals surface area contributed by atoms with Crippen LogP contribution in [-0.2, 0) is 5.41 Å². The first-order valence-corrected chi connectivity index (χ1v) is 19.8. The Bertz CT molecular complexity index is 3070. The third kappa shape index (κ3) is 4.26. The molecule has 55 heavy (non-hydrogen) atoms. The average molecular weight is 716 g/mol. The number of benzene rings is 9. The van der Waals surface area contributed by atoms with Crippen molar-refractivity contribution >= 4 is 44.3 Å². The molecule has 2 heteroatoms. The van der Waals surface area contributed by atoms with Crippen molar-refractivity contribution in [1.29, 1.82) is 0 Å². The molecule has 0 saturated carbocycles. The molecule has 1 aliphatic carbocycles. The van der Waals surface area contributed by atoms with Crippen LogP contribution in [0.25, 0.3) is 71.6 Å². The van der Waals surface area contributed by atoms with E-state index in [0.717, 1.165) is 5.69 Å². The second-order valence-corrected chi connectivity index (χ2v) is 15.8. The predicted octanol–water partition coefficient (Wildman–Crippen LogP) is 14.1. The van der Waals surface area contributed by atoms with Gasteiger partial charge in [0.1, 0.15) is 0 Å². The van der Waals surface area contributed by atoms with Gasteiger partial charge in [0.15, 0.2) is 0 Å². The molecule has 0 radical (unpaired) electrons. The van der Waals surface area contributed by atoms with Gasteiger partial charge in [0.25, 0.3) is 0 Å². The summed E-state index contributed by atoms with van der Waals surface area (Å²) < 4.78 is 2.55. The van der Waals surface area contributed by atoms with Crippen molar-refractivity contribution in [2.24, 2.45) is 0 Å². The summed E-state index contributed by atoms with van der Waals surface area (Å²) in [6.45, 7) is 0. The lowest BCUT2D eigenvalue weighted by molar-refractivity contribution is 0.726. The SMILES string of the molecule is c1ccc(-c2cc(-c3ccccc3)cc(-n3c4ccc5c(c4c4ccc6ccccc6c43)Sc3ccccc3C53c4ccccc4-c4ccccc43)c2)cc1. The average Bonchev–Trinajstić information content (AvgIpc) is 3.76. The molecular formula is C53H33NS. The van der Waals surface area contributed by atoms with Crippen molar-refractivity contribution in [1.82, 2.24) is 4.57 Å². The third-order valence-corrected chi connectivity index (χ3v) is 13.2. The Kier molecular flexibility index (Phi) is 6.55. The van der Waals surface area contributed by atoms with E-state index < -0.39 is 5.41 Å². The highest BCUT2D eigenvalue weighted by molar-refractivity contribution is 7.99. The molecule has 0 N–H and O–H groups in total. The zero-order chi connectivity index (χ0) is 36.1. The van der Waals surface area contributed by atoms with Gasteiger partial charge in [-0.2, -0.15) is 0 Å². The lowest BCUT2D eigenvalue weighted by Gasteiger charge is -2.40. The number of hydrogen-bond donors (Lipinski definition) is 0. The van der Waals surface area contributed by atoms with Gasteiger partial charge in [-0.3, -0.25) is 0 Å². The fraction of sp³-hybridized carbons (Fsp3) is 0.0189. The maximum atomic E-state index is 2.55. The van der Waals surface area contributed by atoms with Crippen LogP contribution in [-0.4, -0.2) is 4.57 Å². The lowest BCUT2D eigenvalue weighted by Crippen LogP contribution is -2.32. The van der Waals surface area contributed by atoms with Gasteiger partial charge in [-0.15, -0.1) is 0 Å². The van der Waals surface area contributed by atoms with E-state index in [1.165, 1.54) is 98.0 Å². The second-order valence-electron chi connectivity index (χ2n) is 14.8. The minimum Gasteiger partial charge on any atom is -0.309 e. The number of fused-ring (bicyclic) bond motifs is 15. The van der Waals surface area contributed by atoms with Gasteiger partial charge in [0.2, 0.25) is 0 Å². The zero-order valence-corrected chi connectivity index (χ0v) is 30.7. The van der Waals surface area contributed by atoms with E-state index in [9.17, 15) is 0 Å². The van der Waals surface area contributed by atoms with Crippen molar-refractivity contribution in [3.63, 3.8) is 0 Å². The molecule has 0 unspecified atom stereocenters. The van der Waals surface area contributed by atoms with Gasteiger partial charge in [0.05, 0.1) is 16.4 Å². The predicted molar refractivity (Wildman–Crippen MR) is 231 cm³/mol. The van der Waals surface area contributed by atoms with E-state index in [1.54, 1.807) is 0 Å². The Morgan fingerprint density at radius 3 is 1.67 bits per heavy atom. The van der Waals surface area contributed by atoms with Gasteiger partial charge >= 0.3 is 0 Å². The lowest BCUT2D eigenvalue weighted by atomic mass is 9.67. The van der Waals surface area contributed by atoms with Crippen LogP contribution in [0.4, 0.5) is 0 Å². The summed E-state index contributed by atoms with van der Waals surface area (Å²) in [5.41, 5.74) is 16.1. The van der Waals surface area contributed by atoms with E-state index in [-0.39, 0.29) is 0 Å². The van der Waals surface area contributed by atoms with E-state index in [1.807, 2.05) is 11.8 Å². The van der Waals surface area contributed by atoms with Gasteiger partial charge in [-0.1, -0.05) is 182 Å². The number of nitrogens with zero attached hydrogens (tertiary/aromatic N) is 1. The summed E-state index contributed by atoms with van der Waals surface area (Å²) in [6, 6.07) is 74.4. The van der Waals surface area contributed by atoms with E-state index >= 15 is 0 Å². The monoisotopic (exact) mass is 715 g/mol. The first-order valence-electron chi connectivity index (χ1n) is 19.0. The normalized spacial score (nSPS) is 13.5. The quantitative estimate of drug-likeness (QED) is 0.176. The van der Waals surface area contributed by atoms with Gasteiger partial charge in [-0.05, 0) is 91.4 Å². The number of hydrogen-bond acceptors (Lipinski definition) is 1. The summed E-state index contributed by atoms with van der Waals surface area (Å²) in [5.74, 6) is 0. The van der Waals surface area contributed by atoms with Crippen molar-refractivity contribution in [2.75, 3.05) is 0 Å². The summed E-state index contributed by atoms with van der Waals surface area (Å²) >= 11 is 1.94. The van der Waals surface area contributed by atoms with Crippen LogP contribution >= 0.6 is 11.8 Å². The third-order valence-electron chi connectivity index (χ3n) is 12.0. The van der Waals surface area contributed by atoms with Crippen LogP contribution in [0.3, 0.4) is 0 Å². The first-order chi connectivity index (χ1) is 27.3. The molecule has 2 heterocycles. The Morgan fingerprint density at radius 2 is 0.982 bits per heavy atom. The second kappa shape index (κ2) is 11.7. The summed E-state index contributed by atoms with van der Waals surface area (Å²) in [4.78, 5) is 2.65. The maximum Gasteiger partial charge on any atom is 0.0735 e. The Morgan fingerprint density at radius 1 is 0.400 bits per heavy atom. The molecule has 0 saturated heterocycles. The first kappa shape index (κ1) is 30.8. The minimum atomic E-state index is -0.433. The summed E-state index contributed by atoms with van der Waals surface area (Å²) in [6.07, 6.45) is 0. The zero-order valence-electron chi connectivity index (χ0n) is 29.9. The smallest absolute Gasteiger partial charge is 0.0735 e. The molecule has 0 atom stereocenters. The Hall–Kier alpha value is -6.61. The van der Waals surface area contributed by atoms with E-state index in [2.05, 4.69) is 205 Å². The van der Waals surface area contributed by atoms with Crippen molar-refractivity contribution in [2.45, 2.75) is 15.2 Å². The molecule has 1 aliphatic heterocycles. The van der Waals surface area contributed by atoms with Crippen LogP contribution < -0.4 is 0 Å². The fourth-order valence-electron chi connectivity index (χ4n) is 9.78. The molecule has 9 aromatic carbocycles. The van der Waals surface area contributed by atoms with E-state index in [0.29, 0.717) is 0 Å². The van der Waals surface area contributed by atoms with Crippen LogP contribution in [0.15, 0.2) is 210 Å². The van der Waals surface area contributed by atoms with Crippen LogP contribution in [0.5, 0.6) is 0 Å². The molecule has 0 amide bonds. The number of aromatic nitrogens is 1. The Balaban J connectivity index is 1.24. The highest BCUT2D eigenvalue weighted by Gasteiger charge is 2.50. The van der Waals surface area contributed by atoms with Crippen LogP contribution in [0.1, 0.15) is 22.3 Å². The summed E-state index contributed by atoms with van der Waals surface area (Å²) in [5, 5.41) is 5.08. The van der Waals surface area contributed by atoms with Crippen molar-refractivity contribution < 1.29 is 0 Å². The molecule has 10 aromatic rings. The molecule has 1 aromatic heterocycles. The van der Waals surface area contributed by atoms with Crippen molar-refractivity contribution in [3.8, 4) is 39.1 Å². The van der Waals surface area contributed by atoms with Crippen LogP contribution in [0.2, 0.25) is 0 Å². The molecule has 1 nitrogen and oxygen atoms in total. The molecular weight excluding hydrogens is 683 g/mol. The molecule has 256 valence electrons. The van der Waals surface area contributed by atoms with Gasteiger partial charge in [0, 0.05) is 31.6 Å². The van der Waals surface area contributed by atoms with Crippen molar-refractivity contribution in [3.05, 3.63) is 222 Å². The summed E-state index contributed by atoms with van der Waals surface area (Å²) in [7, 11) is 0. The standard InChI is InChI=1S/C53H33NS/c1-3-15-34(16-4-1)37-31-38(35-17-5-2-6-18-35)33-39(32-37)54-48-30-29-47-52(50(48)43-28-27-36-19-7-8-20-40(36)51(43)54)55-49-26-14-13-25-46(49)53(47)44-23-11-9-21-41(44)42-22-10-12-24-45(42)53/h1-33H. The molecule has 1 spiro atoms. The highest BCUT2D eigenvalue weighted by atomic mass is 32.2. The molecule has 0 bridgehead atoms. The molecule has 0 fully saturated rings. The largest absolute Gasteiger partial charge is 0.309 e. The Labute approximate surface area is 324 Å².